The van der Waals surface area contributed by atoms with Gasteiger partial charge in [0.15, 0.2) is 0 Å². The quantitative estimate of drug-likeness (QED) is 0.825. The standard InChI is InChI=1S/C18H19NO2/c1-19(13-16-5-3-2-4-6-16)14-17-9-7-15(8-10-17)11-12-18(20)21/h2-12H,13-14H2,1H3,(H,20,21). The molecule has 0 amide bonds. The second-order valence-corrected chi connectivity index (χ2v) is 5.07. The van der Waals surface area contributed by atoms with Crippen LogP contribution >= 0.6 is 0 Å². The Kier molecular flexibility index (Phi) is 5.29. The maximum Gasteiger partial charge on any atom is 0.328 e. The summed E-state index contributed by atoms with van der Waals surface area (Å²) in [5, 5.41) is 8.60. The molecule has 0 aliphatic rings. The van der Waals surface area contributed by atoms with Crippen molar-refractivity contribution in [2.75, 3.05) is 7.05 Å². The van der Waals surface area contributed by atoms with Gasteiger partial charge in [-0.25, -0.2) is 4.79 Å². The van der Waals surface area contributed by atoms with Crippen LogP contribution in [0.2, 0.25) is 0 Å². The van der Waals surface area contributed by atoms with E-state index >= 15 is 0 Å². The Labute approximate surface area is 125 Å². The van der Waals surface area contributed by atoms with Crippen molar-refractivity contribution in [3.63, 3.8) is 0 Å². The minimum absolute atomic E-state index is 0.859. The highest BCUT2D eigenvalue weighted by atomic mass is 16.4. The molecule has 0 saturated carbocycles. The molecule has 0 spiro atoms. The first kappa shape index (κ1) is 15.0. The van der Waals surface area contributed by atoms with Gasteiger partial charge in [-0.2, -0.15) is 0 Å². The molecule has 0 aliphatic heterocycles. The lowest BCUT2D eigenvalue weighted by atomic mass is 10.1. The molecule has 2 aromatic rings. The molecule has 0 fully saturated rings. The van der Waals surface area contributed by atoms with Crippen LogP contribution in [0.1, 0.15) is 16.7 Å². The minimum Gasteiger partial charge on any atom is -0.478 e. The summed E-state index contributed by atoms with van der Waals surface area (Å²) >= 11 is 0. The molecule has 0 aromatic heterocycles. The minimum atomic E-state index is -0.929. The van der Waals surface area contributed by atoms with Gasteiger partial charge >= 0.3 is 5.97 Å². The van der Waals surface area contributed by atoms with Crippen molar-refractivity contribution in [1.82, 2.24) is 4.90 Å². The van der Waals surface area contributed by atoms with Crippen LogP contribution in [0.25, 0.3) is 6.08 Å². The molecular formula is C18H19NO2. The fourth-order valence-electron chi connectivity index (χ4n) is 2.16. The third kappa shape index (κ3) is 5.24. The van der Waals surface area contributed by atoms with Gasteiger partial charge in [0.05, 0.1) is 0 Å². The average molecular weight is 281 g/mol. The van der Waals surface area contributed by atoms with Gasteiger partial charge in [-0.15, -0.1) is 0 Å². The van der Waals surface area contributed by atoms with Crippen LogP contribution in [0.3, 0.4) is 0 Å². The summed E-state index contributed by atoms with van der Waals surface area (Å²) in [7, 11) is 2.09. The third-order valence-electron chi connectivity index (χ3n) is 3.15. The molecule has 3 heteroatoms. The first-order valence-electron chi connectivity index (χ1n) is 6.86. The van der Waals surface area contributed by atoms with E-state index in [1.807, 2.05) is 42.5 Å². The van der Waals surface area contributed by atoms with Crippen molar-refractivity contribution >= 4 is 12.0 Å². The SMILES string of the molecule is CN(Cc1ccccc1)Cc1ccc(C=CC(=O)O)cc1. The van der Waals surface area contributed by atoms with Crippen LogP contribution in [0.5, 0.6) is 0 Å². The Hall–Kier alpha value is -2.39. The highest BCUT2D eigenvalue weighted by molar-refractivity contribution is 5.85. The topological polar surface area (TPSA) is 40.5 Å². The van der Waals surface area contributed by atoms with E-state index in [9.17, 15) is 4.79 Å². The fraction of sp³-hybridized carbons (Fsp3) is 0.167. The monoisotopic (exact) mass is 281 g/mol. The Morgan fingerprint density at radius 3 is 2.14 bits per heavy atom. The van der Waals surface area contributed by atoms with E-state index in [-0.39, 0.29) is 0 Å². The van der Waals surface area contributed by atoms with Crippen molar-refractivity contribution in [2.45, 2.75) is 13.1 Å². The van der Waals surface area contributed by atoms with E-state index in [4.69, 9.17) is 5.11 Å². The van der Waals surface area contributed by atoms with Gasteiger partial charge < -0.3 is 5.11 Å². The zero-order chi connectivity index (χ0) is 15.1. The van der Waals surface area contributed by atoms with Crippen LogP contribution in [0.4, 0.5) is 0 Å². The van der Waals surface area contributed by atoms with Crippen LogP contribution in [0.15, 0.2) is 60.7 Å². The average Bonchev–Trinajstić information content (AvgIpc) is 2.47. The summed E-state index contributed by atoms with van der Waals surface area (Å²) in [6.07, 6.45) is 2.75. The number of carboxylic acids is 1. The Morgan fingerprint density at radius 1 is 1.00 bits per heavy atom. The van der Waals surface area contributed by atoms with E-state index < -0.39 is 5.97 Å². The number of rotatable bonds is 6. The summed E-state index contributed by atoms with van der Waals surface area (Å²) < 4.78 is 0. The molecule has 21 heavy (non-hydrogen) atoms. The molecule has 0 saturated heterocycles. The van der Waals surface area contributed by atoms with Gasteiger partial charge in [-0.05, 0) is 29.8 Å². The summed E-state index contributed by atoms with van der Waals surface area (Å²) in [5.41, 5.74) is 3.40. The second kappa shape index (κ2) is 7.41. The molecule has 0 bridgehead atoms. The van der Waals surface area contributed by atoms with Gasteiger partial charge in [0, 0.05) is 19.2 Å². The lowest BCUT2D eigenvalue weighted by molar-refractivity contribution is -0.131. The first-order chi connectivity index (χ1) is 10.1. The van der Waals surface area contributed by atoms with Crippen molar-refractivity contribution in [2.24, 2.45) is 0 Å². The molecule has 0 atom stereocenters. The zero-order valence-corrected chi connectivity index (χ0v) is 12.1. The van der Waals surface area contributed by atoms with Crippen molar-refractivity contribution in [3.8, 4) is 0 Å². The Bertz CT molecular complexity index is 603. The highest BCUT2D eigenvalue weighted by Crippen LogP contribution is 2.10. The van der Waals surface area contributed by atoms with Crippen LogP contribution in [0, 0.1) is 0 Å². The van der Waals surface area contributed by atoms with E-state index in [1.165, 1.54) is 11.1 Å². The van der Waals surface area contributed by atoms with Gasteiger partial charge in [0.2, 0.25) is 0 Å². The molecule has 108 valence electrons. The van der Waals surface area contributed by atoms with Crippen molar-refractivity contribution < 1.29 is 9.90 Å². The maximum atomic E-state index is 10.5. The molecule has 3 nitrogen and oxygen atoms in total. The summed E-state index contributed by atoms with van der Waals surface area (Å²) in [5.74, 6) is -0.929. The number of benzene rings is 2. The summed E-state index contributed by atoms with van der Waals surface area (Å²) in [4.78, 5) is 12.7. The maximum absolute atomic E-state index is 10.5. The lowest BCUT2D eigenvalue weighted by Gasteiger charge is -2.16. The van der Waals surface area contributed by atoms with Gasteiger partial charge in [0.25, 0.3) is 0 Å². The van der Waals surface area contributed by atoms with Crippen molar-refractivity contribution in [3.05, 3.63) is 77.4 Å². The number of hydrogen-bond donors (Lipinski definition) is 1. The third-order valence-corrected chi connectivity index (χ3v) is 3.15. The second-order valence-electron chi connectivity index (χ2n) is 5.07. The molecule has 0 aliphatic carbocycles. The predicted molar refractivity (Wildman–Crippen MR) is 84.7 cm³/mol. The number of carboxylic acid groups (broad SMARTS) is 1. The van der Waals surface area contributed by atoms with Crippen LogP contribution < -0.4 is 0 Å². The molecule has 0 radical (unpaired) electrons. The number of aliphatic carboxylic acids is 1. The van der Waals surface area contributed by atoms with Gasteiger partial charge in [0.1, 0.15) is 0 Å². The van der Waals surface area contributed by atoms with E-state index in [0.717, 1.165) is 24.7 Å². The Balaban J connectivity index is 1.92. The molecule has 0 unspecified atom stereocenters. The van der Waals surface area contributed by atoms with Crippen LogP contribution in [-0.4, -0.2) is 23.0 Å². The molecule has 2 aromatic carbocycles. The normalized spacial score (nSPS) is 11.1. The lowest BCUT2D eigenvalue weighted by Crippen LogP contribution is -2.17. The van der Waals surface area contributed by atoms with Crippen molar-refractivity contribution in [1.29, 1.82) is 0 Å². The predicted octanol–water partition coefficient (Wildman–Crippen LogP) is 3.42. The van der Waals surface area contributed by atoms with Gasteiger partial charge in [-0.3, -0.25) is 4.90 Å². The largest absolute Gasteiger partial charge is 0.478 e. The number of hydrogen-bond acceptors (Lipinski definition) is 2. The van der Waals surface area contributed by atoms with E-state index in [1.54, 1.807) is 6.08 Å². The number of carbonyl (C=O) groups is 1. The fourth-order valence-corrected chi connectivity index (χ4v) is 2.16. The first-order valence-corrected chi connectivity index (χ1v) is 6.86. The molecule has 0 heterocycles. The van der Waals surface area contributed by atoms with Gasteiger partial charge in [-0.1, -0.05) is 54.6 Å². The highest BCUT2D eigenvalue weighted by Gasteiger charge is 2.01. The molecule has 2 rings (SSSR count). The van der Waals surface area contributed by atoms with Crippen LogP contribution in [-0.2, 0) is 17.9 Å². The Morgan fingerprint density at radius 2 is 1.57 bits per heavy atom. The molecule has 1 N–H and O–H groups in total. The van der Waals surface area contributed by atoms with E-state index in [2.05, 4.69) is 24.1 Å². The zero-order valence-electron chi connectivity index (χ0n) is 12.1. The van der Waals surface area contributed by atoms with E-state index in [0.29, 0.717) is 0 Å². The summed E-state index contributed by atoms with van der Waals surface area (Å²) in [6.45, 7) is 1.76. The molecular weight excluding hydrogens is 262 g/mol. The summed E-state index contributed by atoms with van der Waals surface area (Å²) in [6, 6.07) is 18.3. The number of nitrogens with zero attached hydrogens (tertiary/aromatic N) is 1. The smallest absolute Gasteiger partial charge is 0.328 e.